The highest BCUT2D eigenvalue weighted by atomic mass is 32.2. The lowest BCUT2D eigenvalue weighted by atomic mass is 10.2. The Hall–Kier alpha value is -1.64. The van der Waals surface area contributed by atoms with Gasteiger partial charge in [0.05, 0.1) is 6.61 Å². The molecule has 0 bridgehead atoms. The van der Waals surface area contributed by atoms with Crippen molar-refractivity contribution in [3.8, 4) is 5.75 Å². The first-order chi connectivity index (χ1) is 12.3. The van der Waals surface area contributed by atoms with Crippen molar-refractivity contribution in [1.29, 1.82) is 0 Å². The Kier molecular flexibility index (Phi) is 7.43. The number of rotatable bonds is 8. The van der Waals surface area contributed by atoms with Crippen LogP contribution in [0.3, 0.4) is 0 Å². The molecule has 1 heterocycles. The molecule has 0 radical (unpaired) electrons. The summed E-state index contributed by atoms with van der Waals surface area (Å²) in [6.45, 7) is 5.04. The van der Waals surface area contributed by atoms with E-state index in [0.29, 0.717) is 44.0 Å². The molecule has 0 saturated carbocycles. The lowest BCUT2D eigenvalue weighted by molar-refractivity contribution is -0.116. The number of ether oxygens (including phenoxy) is 1. The van der Waals surface area contributed by atoms with Gasteiger partial charge in [-0.3, -0.25) is 4.79 Å². The Balaban J connectivity index is 2.26. The molecule has 1 aliphatic heterocycles. The molecular weight excluding hydrogens is 354 g/mol. The second-order valence-electron chi connectivity index (χ2n) is 6.62. The second kappa shape index (κ2) is 9.34. The van der Waals surface area contributed by atoms with Crippen LogP contribution in [0.15, 0.2) is 23.1 Å². The Morgan fingerprint density at radius 1 is 1.31 bits per heavy atom. The maximum Gasteiger partial charge on any atom is 0.246 e. The lowest BCUT2D eigenvalue weighted by Crippen LogP contribution is -2.35. The van der Waals surface area contributed by atoms with E-state index in [2.05, 4.69) is 5.32 Å². The number of amides is 1. The zero-order valence-corrected chi connectivity index (χ0v) is 16.3. The molecule has 0 aliphatic carbocycles. The minimum absolute atomic E-state index is 0.0591. The van der Waals surface area contributed by atoms with E-state index in [1.54, 1.807) is 19.1 Å². The summed E-state index contributed by atoms with van der Waals surface area (Å²) >= 11 is 0. The lowest BCUT2D eigenvalue weighted by Gasteiger charge is -2.27. The molecule has 1 atom stereocenters. The maximum absolute atomic E-state index is 13.1. The van der Waals surface area contributed by atoms with Crippen molar-refractivity contribution in [3.05, 3.63) is 18.2 Å². The van der Waals surface area contributed by atoms with Crippen molar-refractivity contribution < 1.29 is 17.9 Å². The molecule has 3 N–H and O–H groups in total. The number of carbonyl (C=O) groups is 1. The standard InChI is InChI=1S/C18H29N3O4S/c1-3-25-16-9-8-15(20-18(22)10-7-14(2)19)13-17(16)26(23,24)21-11-5-4-6-12-21/h8-9,13-14H,3-7,10-12,19H2,1-2H3,(H,20,22). The number of benzene rings is 1. The first-order valence-corrected chi connectivity index (χ1v) is 10.6. The summed E-state index contributed by atoms with van der Waals surface area (Å²) in [5.74, 6) is 0.124. The fourth-order valence-electron chi connectivity index (χ4n) is 2.89. The molecule has 1 aromatic carbocycles. The zero-order valence-electron chi connectivity index (χ0n) is 15.5. The van der Waals surface area contributed by atoms with Gasteiger partial charge in [0.25, 0.3) is 0 Å². The molecule has 0 spiro atoms. The number of nitrogens with one attached hydrogen (secondary N) is 1. The van der Waals surface area contributed by atoms with Gasteiger partial charge in [0.2, 0.25) is 15.9 Å². The maximum atomic E-state index is 13.1. The van der Waals surface area contributed by atoms with Crippen LogP contribution in [0.4, 0.5) is 5.69 Å². The third kappa shape index (κ3) is 5.43. The van der Waals surface area contributed by atoms with Crippen LogP contribution in [0, 0.1) is 0 Å². The van der Waals surface area contributed by atoms with Crippen LogP contribution < -0.4 is 15.8 Å². The van der Waals surface area contributed by atoms with E-state index in [1.165, 1.54) is 10.4 Å². The van der Waals surface area contributed by atoms with E-state index in [1.807, 2.05) is 6.92 Å². The number of carbonyl (C=O) groups excluding carboxylic acids is 1. The monoisotopic (exact) mass is 383 g/mol. The molecule has 1 amide bonds. The molecule has 1 saturated heterocycles. The van der Waals surface area contributed by atoms with E-state index in [-0.39, 0.29) is 16.8 Å². The molecule has 1 aromatic rings. The Morgan fingerprint density at radius 3 is 2.62 bits per heavy atom. The predicted molar refractivity (Wildman–Crippen MR) is 102 cm³/mol. The molecule has 7 nitrogen and oxygen atoms in total. The third-order valence-corrected chi connectivity index (χ3v) is 6.21. The topological polar surface area (TPSA) is 102 Å². The first kappa shape index (κ1) is 20.7. The van der Waals surface area contributed by atoms with Crippen LogP contribution in [0.1, 0.15) is 46.0 Å². The molecule has 1 aliphatic rings. The summed E-state index contributed by atoms with van der Waals surface area (Å²) in [7, 11) is -3.66. The Morgan fingerprint density at radius 2 is 2.00 bits per heavy atom. The van der Waals surface area contributed by atoms with Crippen LogP contribution in [0.25, 0.3) is 0 Å². The number of hydrogen-bond donors (Lipinski definition) is 2. The van der Waals surface area contributed by atoms with Gasteiger partial charge in [-0.2, -0.15) is 4.31 Å². The SMILES string of the molecule is CCOc1ccc(NC(=O)CCC(C)N)cc1S(=O)(=O)N1CCCCC1. The highest BCUT2D eigenvalue weighted by Gasteiger charge is 2.29. The fraction of sp³-hybridized carbons (Fsp3) is 0.611. The summed E-state index contributed by atoms with van der Waals surface area (Å²) in [5, 5.41) is 2.75. The van der Waals surface area contributed by atoms with Gasteiger partial charge in [-0.05, 0) is 51.3 Å². The molecular formula is C18H29N3O4S. The molecule has 8 heteroatoms. The zero-order chi connectivity index (χ0) is 19.2. The number of anilines is 1. The number of piperidine rings is 1. The summed E-state index contributed by atoms with van der Waals surface area (Å²) in [5.41, 5.74) is 6.11. The summed E-state index contributed by atoms with van der Waals surface area (Å²) in [6.07, 6.45) is 3.62. The number of nitrogens with zero attached hydrogens (tertiary/aromatic N) is 1. The largest absolute Gasteiger partial charge is 0.492 e. The highest BCUT2D eigenvalue weighted by Crippen LogP contribution is 2.31. The normalized spacial score (nSPS) is 16.9. The molecule has 26 heavy (non-hydrogen) atoms. The Bertz CT molecular complexity index is 713. The predicted octanol–water partition coefficient (Wildman–Crippen LogP) is 2.33. The van der Waals surface area contributed by atoms with Gasteiger partial charge in [-0.25, -0.2) is 8.42 Å². The minimum atomic E-state index is -3.66. The van der Waals surface area contributed by atoms with Gasteiger partial charge in [0.15, 0.2) is 0 Å². The quantitative estimate of drug-likeness (QED) is 0.717. The van der Waals surface area contributed by atoms with Gasteiger partial charge < -0.3 is 15.8 Å². The van der Waals surface area contributed by atoms with Crippen molar-refractivity contribution in [2.45, 2.75) is 56.9 Å². The van der Waals surface area contributed by atoms with E-state index in [9.17, 15) is 13.2 Å². The average Bonchev–Trinajstić information content (AvgIpc) is 2.62. The van der Waals surface area contributed by atoms with Crippen LogP contribution in [0.2, 0.25) is 0 Å². The molecule has 1 fully saturated rings. The Labute approximate surface area is 155 Å². The van der Waals surface area contributed by atoms with Gasteiger partial charge in [0.1, 0.15) is 10.6 Å². The van der Waals surface area contributed by atoms with E-state index in [0.717, 1.165) is 19.3 Å². The summed E-state index contributed by atoms with van der Waals surface area (Å²) in [4.78, 5) is 12.1. The minimum Gasteiger partial charge on any atom is -0.492 e. The number of sulfonamides is 1. The molecule has 1 unspecified atom stereocenters. The van der Waals surface area contributed by atoms with Crippen molar-refractivity contribution >= 4 is 21.6 Å². The average molecular weight is 384 g/mol. The van der Waals surface area contributed by atoms with E-state index in [4.69, 9.17) is 10.5 Å². The summed E-state index contributed by atoms with van der Waals surface area (Å²) < 4.78 is 33.1. The molecule has 0 aromatic heterocycles. The molecule has 2 rings (SSSR count). The third-order valence-electron chi connectivity index (χ3n) is 4.29. The van der Waals surface area contributed by atoms with Crippen LogP contribution in [-0.2, 0) is 14.8 Å². The summed E-state index contributed by atoms with van der Waals surface area (Å²) in [6, 6.07) is 4.68. The number of nitrogens with two attached hydrogens (primary N) is 1. The van der Waals surface area contributed by atoms with Gasteiger partial charge >= 0.3 is 0 Å². The van der Waals surface area contributed by atoms with Crippen LogP contribution in [0.5, 0.6) is 5.75 Å². The van der Waals surface area contributed by atoms with Gasteiger partial charge in [-0.15, -0.1) is 0 Å². The van der Waals surface area contributed by atoms with Crippen molar-refractivity contribution in [2.75, 3.05) is 25.0 Å². The van der Waals surface area contributed by atoms with Crippen molar-refractivity contribution in [3.63, 3.8) is 0 Å². The highest BCUT2D eigenvalue weighted by molar-refractivity contribution is 7.89. The first-order valence-electron chi connectivity index (χ1n) is 9.17. The van der Waals surface area contributed by atoms with Crippen molar-refractivity contribution in [2.24, 2.45) is 5.73 Å². The van der Waals surface area contributed by atoms with E-state index < -0.39 is 10.0 Å². The van der Waals surface area contributed by atoms with Crippen LogP contribution >= 0.6 is 0 Å². The smallest absolute Gasteiger partial charge is 0.246 e. The van der Waals surface area contributed by atoms with E-state index >= 15 is 0 Å². The second-order valence-corrected chi connectivity index (χ2v) is 8.53. The van der Waals surface area contributed by atoms with Gasteiger partial charge in [0, 0.05) is 31.2 Å². The van der Waals surface area contributed by atoms with Gasteiger partial charge in [-0.1, -0.05) is 6.42 Å². The van der Waals surface area contributed by atoms with Crippen LogP contribution in [-0.4, -0.2) is 44.4 Å². The fourth-order valence-corrected chi connectivity index (χ4v) is 4.56. The number of hydrogen-bond acceptors (Lipinski definition) is 5. The molecule has 146 valence electrons. The van der Waals surface area contributed by atoms with Crippen molar-refractivity contribution in [1.82, 2.24) is 4.31 Å².